The van der Waals surface area contributed by atoms with Crippen LogP contribution < -0.4 is 11.1 Å². The van der Waals surface area contributed by atoms with Gasteiger partial charge in [-0.25, -0.2) is 0 Å². The Balaban J connectivity index is 3.52. The predicted molar refractivity (Wildman–Crippen MR) is 61.6 cm³/mol. The van der Waals surface area contributed by atoms with Gasteiger partial charge in [0.25, 0.3) is 0 Å². The Hall–Kier alpha value is 0.0569. The summed E-state index contributed by atoms with van der Waals surface area (Å²) in [6.45, 7) is 5.83. The Kier molecular flexibility index (Phi) is 7.39. The predicted octanol–water partition coefficient (Wildman–Crippen LogP) is 0.678. The molecule has 1 unspecified atom stereocenters. The highest BCUT2D eigenvalue weighted by Crippen LogP contribution is 2.12. The molecule has 0 radical (unpaired) electrons. The van der Waals surface area contributed by atoms with Gasteiger partial charge >= 0.3 is 8.56 Å². The third-order valence-corrected chi connectivity index (χ3v) is 5.51. The lowest BCUT2D eigenvalue weighted by atomic mass is 10.3. The van der Waals surface area contributed by atoms with Crippen LogP contribution >= 0.6 is 0 Å². The van der Waals surface area contributed by atoms with Crippen LogP contribution in [0.15, 0.2) is 0 Å². The topological polar surface area (TPSA) is 56.5 Å². The summed E-state index contributed by atoms with van der Waals surface area (Å²) in [5.74, 6) is 0. The van der Waals surface area contributed by atoms with Gasteiger partial charge in [-0.1, -0.05) is 0 Å². The van der Waals surface area contributed by atoms with Crippen molar-refractivity contribution in [3.8, 4) is 0 Å². The van der Waals surface area contributed by atoms with Gasteiger partial charge in [-0.05, 0) is 32.5 Å². The Bertz CT molecular complexity index is 143. The fourth-order valence-corrected chi connectivity index (χ4v) is 2.52. The van der Waals surface area contributed by atoms with Crippen molar-refractivity contribution in [1.82, 2.24) is 5.32 Å². The van der Waals surface area contributed by atoms with Crippen molar-refractivity contribution in [2.75, 3.05) is 27.3 Å². The maximum Gasteiger partial charge on any atom is 0.334 e. The first-order chi connectivity index (χ1) is 6.58. The minimum Gasteiger partial charge on any atom is -0.398 e. The van der Waals surface area contributed by atoms with Gasteiger partial charge in [0, 0.05) is 26.8 Å². The normalized spacial score (nSPS) is 14.4. The molecule has 3 N–H and O–H groups in total. The first kappa shape index (κ1) is 14.1. The molecule has 0 aliphatic rings. The van der Waals surface area contributed by atoms with Crippen molar-refractivity contribution >= 4 is 8.56 Å². The number of hydrogen-bond donors (Lipinski definition) is 2. The fraction of sp³-hybridized carbons (Fsp3) is 1.00. The van der Waals surface area contributed by atoms with Gasteiger partial charge in [-0.3, -0.25) is 0 Å². The second-order valence-electron chi connectivity index (χ2n) is 3.74. The van der Waals surface area contributed by atoms with E-state index in [1.807, 2.05) is 0 Å². The van der Waals surface area contributed by atoms with Gasteiger partial charge in [0.2, 0.25) is 0 Å². The Labute approximate surface area is 88.4 Å². The molecule has 0 aromatic heterocycles. The van der Waals surface area contributed by atoms with Gasteiger partial charge in [-0.15, -0.1) is 0 Å². The smallest absolute Gasteiger partial charge is 0.334 e. The van der Waals surface area contributed by atoms with Gasteiger partial charge in [0.15, 0.2) is 0 Å². The van der Waals surface area contributed by atoms with Gasteiger partial charge in [0.05, 0.1) is 0 Å². The third-order valence-electron chi connectivity index (χ3n) is 2.52. The summed E-state index contributed by atoms with van der Waals surface area (Å²) in [4.78, 5) is 0. The van der Waals surface area contributed by atoms with Gasteiger partial charge < -0.3 is 19.9 Å². The lowest BCUT2D eigenvalue weighted by Gasteiger charge is -2.22. The van der Waals surface area contributed by atoms with Crippen LogP contribution in [0.5, 0.6) is 0 Å². The molecule has 14 heavy (non-hydrogen) atoms. The van der Waals surface area contributed by atoms with Crippen LogP contribution in [0.25, 0.3) is 0 Å². The zero-order chi connectivity index (χ0) is 11.0. The van der Waals surface area contributed by atoms with E-state index in [0.717, 1.165) is 19.0 Å². The van der Waals surface area contributed by atoms with E-state index in [0.29, 0.717) is 12.6 Å². The molecule has 0 aromatic carbocycles. The van der Waals surface area contributed by atoms with E-state index in [1.165, 1.54) is 0 Å². The number of nitrogens with one attached hydrogen (secondary N) is 1. The van der Waals surface area contributed by atoms with E-state index in [2.05, 4.69) is 18.8 Å². The maximum atomic E-state index is 5.49. The molecule has 4 nitrogen and oxygen atoms in total. The molecular weight excluding hydrogens is 196 g/mol. The molecule has 0 bridgehead atoms. The van der Waals surface area contributed by atoms with Crippen LogP contribution in [-0.2, 0) is 8.85 Å². The van der Waals surface area contributed by atoms with Gasteiger partial charge in [0.1, 0.15) is 0 Å². The molecule has 0 aliphatic carbocycles. The Morgan fingerprint density at radius 1 is 1.36 bits per heavy atom. The quantitative estimate of drug-likeness (QED) is 0.466. The first-order valence-corrected chi connectivity index (χ1v) is 7.64. The largest absolute Gasteiger partial charge is 0.398 e. The highest BCUT2D eigenvalue weighted by atomic mass is 28.4. The summed E-state index contributed by atoms with van der Waals surface area (Å²) in [7, 11) is 1.60. The van der Waals surface area contributed by atoms with Crippen molar-refractivity contribution in [3.05, 3.63) is 0 Å². The Morgan fingerprint density at radius 2 is 1.93 bits per heavy atom. The molecule has 5 heteroatoms. The van der Waals surface area contributed by atoms with Crippen LogP contribution in [0.2, 0.25) is 12.6 Å². The summed E-state index contributed by atoms with van der Waals surface area (Å²) in [6.07, 6.45) is 1.08. The first-order valence-electron chi connectivity index (χ1n) is 5.11. The van der Waals surface area contributed by atoms with E-state index < -0.39 is 8.56 Å². The standard InChI is InChI=1S/C9H24N2O2Si/c1-9(8-10)11-6-5-7-14(4,12-2)13-3/h9,11H,5-8,10H2,1-4H3. The second kappa shape index (κ2) is 7.36. The summed E-state index contributed by atoms with van der Waals surface area (Å²) >= 11 is 0. The Morgan fingerprint density at radius 3 is 2.36 bits per heavy atom. The number of rotatable bonds is 8. The minimum atomic E-state index is -1.85. The summed E-state index contributed by atoms with van der Waals surface area (Å²) in [5.41, 5.74) is 5.49. The van der Waals surface area contributed by atoms with Crippen molar-refractivity contribution in [2.24, 2.45) is 5.73 Å². The van der Waals surface area contributed by atoms with Crippen molar-refractivity contribution < 1.29 is 8.85 Å². The molecule has 0 aromatic rings. The highest BCUT2D eigenvalue weighted by Gasteiger charge is 2.27. The number of nitrogens with two attached hydrogens (primary N) is 1. The van der Waals surface area contributed by atoms with Crippen molar-refractivity contribution in [1.29, 1.82) is 0 Å². The van der Waals surface area contributed by atoms with Crippen LogP contribution in [-0.4, -0.2) is 41.9 Å². The molecule has 0 saturated heterocycles. The van der Waals surface area contributed by atoms with E-state index >= 15 is 0 Å². The van der Waals surface area contributed by atoms with Crippen LogP contribution in [0.3, 0.4) is 0 Å². The number of hydrogen-bond acceptors (Lipinski definition) is 4. The molecule has 0 spiro atoms. The molecule has 0 heterocycles. The van der Waals surface area contributed by atoms with E-state index in [1.54, 1.807) is 14.2 Å². The maximum absolute atomic E-state index is 5.49. The molecule has 0 aliphatic heterocycles. The SMILES string of the molecule is CO[Si](C)(CCCNC(C)CN)OC. The lowest BCUT2D eigenvalue weighted by molar-refractivity contribution is 0.248. The van der Waals surface area contributed by atoms with Crippen LogP contribution in [0.1, 0.15) is 13.3 Å². The molecule has 86 valence electrons. The summed E-state index contributed by atoms with van der Waals surface area (Å²) < 4.78 is 10.8. The fourth-order valence-electron chi connectivity index (χ4n) is 1.13. The monoisotopic (exact) mass is 220 g/mol. The molecule has 0 rings (SSSR count). The van der Waals surface area contributed by atoms with Crippen molar-refractivity contribution in [2.45, 2.75) is 32.0 Å². The highest BCUT2D eigenvalue weighted by molar-refractivity contribution is 6.65. The zero-order valence-electron chi connectivity index (χ0n) is 9.80. The molecule has 0 saturated carbocycles. The van der Waals surface area contributed by atoms with Crippen molar-refractivity contribution in [3.63, 3.8) is 0 Å². The van der Waals surface area contributed by atoms with E-state index in [4.69, 9.17) is 14.6 Å². The molecular formula is C9H24N2O2Si. The van der Waals surface area contributed by atoms with E-state index in [9.17, 15) is 0 Å². The van der Waals surface area contributed by atoms with E-state index in [-0.39, 0.29) is 0 Å². The van der Waals surface area contributed by atoms with Gasteiger partial charge in [-0.2, -0.15) is 0 Å². The molecule has 0 fully saturated rings. The summed E-state index contributed by atoms with van der Waals surface area (Å²) in [5, 5.41) is 3.34. The third kappa shape index (κ3) is 5.72. The molecule has 0 amide bonds. The minimum absolute atomic E-state index is 0.396. The van der Waals surface area contributed by atoms with Crippen LogP contribution in [0.4, 0.5) is 0 Å². The lowest BCUT2D eigenvalue weighted by Crippen LogP contribution is -2.38. The second-order valence-corrected chi connectivity index (χ2v) is 7.32. The average molecular weight is 220 g/mol. The molecule has 1 atom stereocenters. The summed E-state index contributed by atoms with van der Waals surface area (Å²) in [6, 6.07) is 1.41. The average Bonchev–Trinajstić information content (AvgIpc) is 2.23. The zero-order valence-corrected chi connectivity index (χ0v) is 10.8. The van der Waals surface area contributed by atoms with Crippen LogP contribution in [0, 0.1) is 0 Å².